The van der Waals surface area contributed by atoms with Crippen molar-refractivity contribution in [3.05, 3.63) is 0 Å². The second kappa shape index (κ2) is 9.45. The molecule has 1 saturated heterocycles. The summed E-state index contributed by atoms with van der Waals surface area (Å²) in [6, 6.07) is -0.612. The SMILES string of the molecule is CC.CC.CC1C(=O)NCCN1F. The largest absolute Gasteiger partial charge is 0.353 e. The Morgan fingerprint density at radius 1 is 1.38 bits per heavy atom. The van der Waals surface area contributed by atoms with Gasteiger partial charge in [-0.15, -0.1) is 9.60 Å². The summed E-state index contributed by atoms with van der Waals surface area (Å²) < 4.78 is 12.4. The molecule has 0 bridgehead atoms. The Morgan fingerprint density at radius 3 is 2.15 bits per heavy atom. The summed E-state index contributed by atoms with van der Waals surface area (Å²) in [5, 5.41) is 3.08. The third-order valence-electron chi connectivity index (χ3n) is 1.42. The molecule has 4 heteroatoms. The fourth-order valence-electron chi connectivity index (χ4n) is 0.754. The van der Waals surface area contributed by atoms with Crippen LogP contribution in [0.1, 0.15) is 34.6 Å². The van der Waals surface area contributed by atoms with Crippen LogP contribution in [0.4, 0.5) is 4.48 Å². The van der Waals surface area contributed by atoms with Crippen LogP contribution < -0.4 is 5.32 Å². The number of nitrogens with zero attached hydrogens (tertiary/aromatic N) is 1. The third kappa shape index (κ3) is 5.58. The van der Waals surface area contributed by atoms with Crippen molar-refractivity contribution in [2.24, 2.45) is 0 Å². The predicted molar refractivity (Wildman–Crippen MR) is 53.0 cm³/mol. The lowest BCUT2D eigenvalue weighted by Gasteiger charge is -2.24. The average molecular weight is 192 g/mol. The standard InChI is InChI=1S/C5H9FN2O.2C2H6/c1-4-5(9)7-2-3-8(4)6;2*1-2/h4H,2-3H2,1H3,(H,7,9);2*1-2H3. The molecule has 13 heavy (non-hydrogen) atoms. The van der Waals surface area contributed by atoms with Gasteiger partial charge in [0, 0.05) is 13.1 Å². The fourth-order valence-corrected chi connectivity index (χ4v) is 0.754. The van der Waals surface area contributed by atoms with E-state index in [2.05, 4.69) is 5.32 Å². The van der Waals surface area contributed by atoms with Crippen LogP contribution in [-0.2, 0) is 4.79 Å². The molecule has 0 aromatic heterocycles. The first kappa shape index (κ1) is 14.9. The molecule has 0 aromatic carbocycles. The molecule has 1 amide bonds. The maximum Gasteiger partial charge on any atom is 0.239 e. The second-order valence-electron chi connectivity index (χ2n) is 2.09. The number of hydrogen-bond acceptors (Lipinski definition) is 2. The van der Waals surface area contributed by atoms with Crippen LogP contribution in [0, 0.1) is 0 Å². The van der Waals surface area contributed by atoms with Gasteiger partial charge in [-0.25, -0.2) is 0 Å². The minimum Gasteiger partial charge on any atom is -0.353 e. The van der Waals surface area contributed by atoms with Crippen molar-refractivity contribution in [1.29, 1.82) is 0 Å². The van der Waals surface area contributed by atoms with Crippen LogP contribution >= 0.6 is 0 Å². The lowest BCUT2D eigenvalue weighted by atomic mass is 10.2. The average Bonchev–Trinajstić information content (AvgIpc) is 2.20. The van der Waals surface area contributed by atoms with Gasteiger partial charge in [-0.1, -0.05) is 27.7 Å². The van der Waals surface area contributed by atoms with Crippen molar-refractivity contribution in [2.75, 3.05) is 13.1 Å². The van der Waals surface area contributed by atoms with E-state index in [4.69, 9.17) is 0 Å². The van der Waals surface area contributed by atoms with Gasteiger partial charge in [-0.2, -0.15) is 0 Å². The first-order valence-corrected chi connectivity index (χ1v) is 4.92. The van der Waals surface area contributed by atoms with Crippen LogP contribution in [0.5, 0.6) is 0 Å². The van der Waals surface area contributed by atoms with E-state index < -0.39 is 6.04 Å². The van der Waals surface area contributed by atoms with E-state index in [-0.39, 0.29) is 5.91 Å². The van der Waals surface area contributed by atoms with Crippen molar-refractivity contribution < 1.29 is 9.28 Å². The van der Waals surface area contributed by atoms with E-state index in [1.165, 1.54) is 6.92 Å². The molecule has 1 aliphatic rings. The van der Waals surface area contributed by atoms with E-state index >= 15 is 0 Å². The lowest BCUT2D eigenvalue weighted by Crippen LogP contribution is -2.50. The zero-order valence-electron chi connectivity index (χ0n) is 9.22. The smallest absolute Gasteiger partial charge is 0.239 e. The predicted octanol–water partition coefficient (Wildman–Crippen LogP) is 1.74. The van der Waals surface area contributed by atoms with Crippen LogP contribution in [0.25, 0.3) is 0 Å². The Hall–Kier alpha value is -0.640. The molecule has 1 heterocycles. The molecule has 1 aliphatic heterocycles. The van der Waals surface area contributed by atoms with Crippen molar-refractivity contribution in [3.63, 3.8) is 0 Å². The number of carbonyl (C=O) groups is 1. The Kier molecular flexibility index (Phi) is 10.8. The summed E-state index contributed by atoms with van der Waals surface area (Å²) in [6.07, 6.45) is 0. The molecule has 80 valence electrons. The fraction of sp³-hybridized carbons (Fsp3) is 0.889. The van der Waals surface area contributed by atoms with Gasteiger partial charge in [0.1, 0.15) is 6.04 Å². The van der Waals surface area contributed by atoms with E-state index in [0.717, 1.165) is 0 Å². The molecule has 1 atom stereocenters. The molecular formula is C9H21FN2O. The molecule has 0 aliphatic carbocycles. The summed E-state index contributed by atoms with van der Waals surface area (Å²) in [5.74, 6) is -0.233. The van der Waals surface area contributed by atoms with Crippen LogP contribution in [-0.4, -0.2) is 30.2 Å². The number of amides is 1. The summed E-state index contributed by atoms with van der Waals surface area (Å²) >= 11 is 0. The molecule has 0 radical (unpaired) electrons. The van der Waals surface area contributed by atoms with E-state index in [0.29, 0.717) is 18.2 Å². The monoisotopic (exact) mass is 192 g/mol. The summed E-state index contributed by atoms with van der Waals surface area (Å²) in [4.78, 5) is 10.6. The molecular weight excluding hydrogens is 171 g/mol. The van der Waals surface area contributed by atoms with Gasteiger partial charge in [0.25, 0.3) is 0 Å². The van der Waals surface area contributed by atoms with Crippen LogP contribution in [0.15, 0.2) is 0 Å². The summed E-state index contributed by atoms with van der Waals surface area (Å²) in [6.45, 7) is 10.3. The van der Waals surface area contributed by atoms with Crippen LogP contribution in [0.3, 0.4) is 0 Å². The quantitative estimate of drug-likeness (QED) is 0.593. The van der Waals surface area contributed by atoms with Crippen molar-refractivity contribution in [2.45, 2.75) is 40.7 Å². The van der Waals surface area contributed by atoms with Crippen LogP contribution in [0.2, 0.25) is 0 Å². The van der Waals surface area contributed by atoms with Gasteiger partial charge in [0.15, 0.2) is 0 Å². The zero-order valence-corrected chi connectivity index (χ0v) is 9.22. The highest BCUT2D eigenvalue weighted by Crippen LogP contribution is 2.02. The molecule has 0 saturated carbocycles. The number of piperazine rings is 1. The summed E-state index contributed by atoms with van der Waals surface area (Å²) in [5.41, 5.74) is 0. The number of halogens is 1. The van der Waals surface area contributed by atoms with Gasteiger partial charge >= 0.3 is 0 Å². The van der Waals surface area contributed by atoms with E-state index in [1.54, 1.807) is 0 Å². The van der Waals surface area contributed by atoms with Crippen molar-refractivity contribution >= 4 is 5.91 Å². The zero-order chi connectivity index (χ0) is 10.9. The highest BCUT2D eigenvalue weighted by atomic mass is 19.2. The highest BCUT2D eigenvalue weighted by molar-refractivity contribution is 5.81. The number of carbonyl (C=O) groups excluding carboxylic acids is 1. The Balaban J connectivity index is 0. The Morgan fingerprint density at radius 2 is 1.85 bits per heavy atom. The van der Waals surface area contributed by atoms with Gasteiger partial charge in [0.2, 0.25) is 5.91 Å². The molecule has 0 spiro atoms. The first-order chi connectivity index (χ1) is 6.22. The minimum absolute atomic E-state index is 0.233. The van der Waals surface area contributed by atoms with E-state index in [9.17, 15) is 9.28 Å². The highest BCUT2D eigenvalue weighted by Gasteiger charge is 2.24. The molecule has 1 fully saturated rings. The molecule has 1 rings (SSSR count). The summed E-state index contributed by atoms with van der Waals surface area (Å²) in [7, 11) is 0. The van der Waals surface area contributed by atoms with E-state index in [1.807, 2.05) is 27.7 Å². The maximum atomic E-state index is 12.4. The molecule has 1 N–H and O–H groups in total. The Labute approximate surface area is 80.2 Å². The molecule has 1 unspecified atom stereocenters. The number of hydrogen-bond donors (Lipinski definition) is 1. The Bertz CT molecular complexity index is 131. The van der Waals surface area contributed by atoms with Gasteiger partial charge in [-0.3, -0.25) is 4.79 Å². The van der Waals surface area contributed by atoms with Crippen molar-refractivity contribution in [1.82, 2.24) is 10.4 Å². The molecule has 0 aromatic rings. The molecule has 3 nitrogen and oxygen atoms in total. The van der Waals surface area contributed by atoms with Gasteiger partial charge < -0.3 is 5.32 Å². The number of nitrogens with one attached hydrogen (secondary N) is 1. The first-order valence-electron chi connectivity index (χ1n) is 4.92. The van der Waals surface area contributed by atoms with Gasteiger partial charge in [0.05, 0.1) is 0 Å². The van der Waals surface area contributed by atoms with Gasteiger partial charge in [-0.05, 0) is 6.92 Å². The topological polar surface area (TPSA) is 32.3 Å². The van der Waals surface area contributed by atoms with Crippen molar-refractivity contribution in [3.8, 4) is 0 Å². The third-order valence-corrected chi connectivity index (χ3v) is 1.42. The maximum absolute atomic E-state index is 12.4. The number of rotatable bonds is 0. The normalized spacial score (nSPS) is 21.7. The lowest BCUT2D eigenvalue weighted by molar-refractivity contribution is -0.138. The second-order valence-corrected chi connectivity index (χ2v) is 2.09. The minimum atomic E-state index is -0.612.